The van der Waals surface area contributed by atoms with E-state index in [1.807, 2.05) is 30.3 Å². The van der Waals surface area contributed by atoms with Crippen LogP contribution in [0.5, 0.6) is 5.75 Å². The van der Waals surface area contributed by atoms with Gasteiger partial charge in [-0.25, -0.2) is 0 Å². The largest absolute Gasteiger partial charge is 0.482 e. The molecule has 150 valence electrons. The van der Waals surface area contributed by atoms with Gasteiger partial charge in [-0.2, -0.15) is 5.26 Å². The first-order chi connectivity index (χ1) is 14.7. The SMILES string of the molecule is N#Cc1ccccc1CO/N=C\c1ccc(OCC(=O)Nc2ccccc2)c(Cl)c1. The number of amides is 1. The molecule has 0 atom stereocenters. The average molecular weight is 420 g/mol. The van der Waals surface area contributed by atoms with E-state index in [1.165, 1.54) is 6.21 Å². The van der Waals surface area contributed by atoms with E-state index in [0.29, 0.717) is 27.6 Å². The molecule has 0 fully saturated rings. The molecule has 3 rings (SSSR count). The third-order valence-corrected chi connectivity index (χ3v) is 4.30. The van der Waals surface area contributed by atoms with Crippen LogP contribution in [0, 0.1) is 11.3 Å². The fraction of sp³-hybridized carbons (Fsp3) is 0.0870. The van der Waals surface area contributed by atoms with Crippen molar-refractivity contribution in [1.29, 1.82) is 5.26 Å². The molecule has 6 nitrogen and oxygen atoms in total. The van der Waals surface area contributed by atoms with Gasteiger partial charge in [-0.15, -0.1) is 0 Å². The Morgan fingerprint density at radius 2 is 1.87 bits per heavy atom. The van der Waals surface area contributed by atoms with Crippen LogP contribution >= 0.6 is 11.6 Å². The zero-order valence-corrected chi connectivity index (χ0v) is 16.7. The van der Waals surface area contributed by atoms with E-state index < -0.39 is 0 Å². The van der Waals surface area contributed by atoms with Gasteiger partial charge < -0.3 is 14.9 Å². The molecule has 0 radical (unpaired) electrons. The Bertz CT molecular complexity index is 1080. The molecule has 3 aromatic carbocycles. The number of nitriles is 1. The molecule has 1 amide bonds. The van der Waals surface area contributed by atoms with Crippen LogP contribution in [0.25, 0.3) is 0 Å². The third kappa shape index (κ3) is 6.09. The Hall–Kier alpha value is -3.82. The maximum Gasteiger partial charge on any atom is 0.262 e. The van der Waals surface area contributed by atoms with Crippen LogP contribution in [0.4, 0.5) is 5.69 Å². The lowest BCUT2D eigenvalue weighted by Crippen LogP contribution is -2.20. The van der Waals surface area contributed by atoms with Gasteiger partial charge in [0.1, 0.15) is 12.4 Å². The van der Waals surface area contributed by atoms with Crippen LogP contribution in [-0.2, 0) is 16.2 Å². The van der Waals surface area contributed by atoms with Gasteiger partial charge in [-0.05, 0) is 42.0 Å². The summed E-state index contributed by atoms with van der Waals surface area (Å²) in [6, 6.07) is 23.4. The summed E-state index contributed by atoms with van der Waals surface area (Å²) >= 11 is 6.23. The van der Waals surface area contributed by atoms with E-state index in [-0.39, 0.29) is 19.1 Å². The summed E-state index contributed by atoms with van der Waals surface area (Å²) < 4.78 is 5.48. The predicted molar refractivity (Wildman–Crippen MR) is 116 cm³/mol. The lowest BCUT2D eigenvalue weighted by atomic mass is 10.1. The molecule has 30 heavy (non-hydrogen) atoms. The second kappa shape index (κ2) is 10.6. The molecule has 0 aromatic heterocycles. The highest BCUT2D eigenvalue weighted by Crippen LogP contribution is 2.25. The Morgan fingerprint density at radius 3 is 2.63 bits per heavy atom. The number of para-hydroxylation sites is 1. The molecule has 0 bridgehead atoms. The second-order valence-corrected chi connectivity index (χ2v) is 6.58. The van der Waals surface area contributed by atoms with Crippen LogP contribution in [-0.4, -0.2) is 18.7 Å². The minimum atomic E-state index is -0.283. The Kier molecular flexibility index (Phi) is 7.42. The zero-order chi connectivity index (χ0) is 21.2. The zero-order valence-electron chi connectivity index (χ0n) is 15.9. The van der Waals surface area contributed by atoms with Crippen LogP contribution in [0.15, 0.2) is 78.0 Å². The van der Waals surface area contributed by atoms with Gasteiger partial charge in [0, 0.05) is 11.3 Å². The number of nitrogens with one attached hydrogen (secondary N) is 1. The van der Waals surface area contributed by atoms with Crippen molar-refractivity contribution >= 4 is 29.4 Å². The molecular formula is C23H18ClN3O3. The molecular weight excluding hydrogens is 402 g/mol. The number of hydrogen-bond donors (Lipinski definition) is 1. The molecule has 3 aromatic rings. The first-order valence-corrected chi connectivity index (χ1v) is 9.44. The number of rotatable bonds is 8. The fourth-order valence-corrected chi connectivity index (χ4v) is 2.78. The lowest BCUT2D eigenvalue weighted by molar-refractivity contribution is -0.118. The summed E-state index contributed by atoms with van der Waals surface area (Å²) in [5.74, 6) is 0.106. The van der Waals surface area contributed by atoms with Gasteiger partial charge >= 0.3 is 0 Å². The summed E-state index contributed by atoms with van der Waals surface area (Å²) in [5, 5.41) is 16.1. The molecule has 0 heterocycles. The Balaban J connectivity index is 1.50. The molecule has 0 spiro atoms. The molecule has 7 heteroatoms. The number of carbonyl (C=O) groups is 1. The lowest BCUT2D eigenvalue weighted by Gasteiger charge is -2.09. The third-order valence-electron chi connectivity index (χ3n) is 4.01. The van der Waals surface area contributed by atoms with Crippen molar-refractivity contribution in [2.45, 2.75) is 6.61 Å². The second-order valence-electron chi connectivity index (χ2n) is 6.17. The summed E-state index contributed by atoms with van der Waals surface area (Å²) in [5.41, 5.74) is 2.71. The van der Waals surface area contributed by atoms with Crippen molar-refractivity contribution in [2.75, 3.05) is 11.9 Å². The molecule has 0 saturated heterocycles. The van der Waals surface area contributed by atoms with E-state index in [9.17, 15) is 4.79 Å². The van der Waals surface area contributed by atoms with Crippen molar-refractivity contribution in [3.63, 3.8) is 0 Å². The van der Waals surface area contributed by atoms with E-state index >= 15 is 0 Å². The topological polar surface area (TPSA) is 83.7 Å². The van der Waals surface area contributed by atoms with Crippen molar-refractivity contribution < 1.29 is 14.4 Å². The molecule has 0 aliphatic carbocycles. The summed E-state index contributed by atoms with van der Waals surface area (Å²) in [6.07, 6.45) is 1.51. The average Bonchev–Trinajstić information content (AvgIpc) is 2.77. The number of nitrogens with zero attached hydrogens (tertiary/aromatic N) is 2. The van der Waals surface area contributed by atoms with Gasteiger partial charge in [0.15, 0.2) is 6.61 Å². The van der Waals surface area contributed by atoms with E-state index in [0.717, 1.165) is 5.56 Å². The van der Waals surface area contributed by atoms with Gasteiger partial charge in [0.05, 0.1) is 22.9 Å². The quantitative estimate of drug-likeness (QED) is 0.420. The smallest absolute Gasteiger partial charge is 0.262 e. The molecule has 0 aliphatic rings. The van der Waals surface area contributed by atoms with Crippen LogP contribution in [0.2, 0.25) is 5.02 Å². The number of carbonyl (C=O) groups excluding carboxylic acids is 1. The standard InChI is InChI=1S/C23H18ClN3O3/c24-21-12-17(14-26-30-15-19-7-5-4-6-18(19)13-25)10-11-22(21)29-16-23(28)27-20-8-2-1-3-9-20/h1-12,14H,15-16H2,(H,27,28)/b26-14-. The minimum absolute atomic E-state index is 0.163. The van der Waals surface area contributed by atoms with Crippen molar-refractivity contribution in [1.82, 2.24) is 0 Å². The number of ether oxygens (including phenoxy) is 1. The van der Waals surface area contributed by atoms with E-state index in [4.69, 9.17) is 26.4 Å². The van der Waals surface area contributed by atoms with Crippen LogP contribution in [0.1, 0.15) is 16.7 Å². The normalized spacial score (nSPS) is 10.4. The number of hydrogen-bond acceptors (Lipinski definition) is 5. The van der Waals surface area contributed by atoms with Gasteiger partial charge in [-0.3, -0.25) is 4.79 Å². The molecule has 0 unspecified atom stereocenters. The highest BCUT2D eigenvalue weighted by Gasteiger charge is 2.07. The number of benzene rings is 3. The number of oxime groups is 1. The summed E-state index contributed by atoms with van der Waals surface area (Å²) in [6.45, 7) is 0.0230. The molecule has 0 aliphatic heterocycles. The van der Waals surface area contributed by atoms with Crippen molar-refractivity contribution in [2.24, 2.45) is 5.16 Å². The first-order valence-electron chi connectivity index (χ1n) is 9.06. The maximum atomic E-state index is 12.0. The summed E-state index contributed by atoms with van der Waals surface area (Å²) in [7, 11) is 0. The monoisotopic (exact) mass is 419 g/mol. The highest BCUT2D eigenvalue weighted by atomic mass is 35.5. The first kappa shape index (κ1) is 20.9. The Labute approximate surface area is 179 Å². The van der Waals surface area contributed by atoms with Crippen molar-refractivity contribution in [3.05, 3.63) is 94.5 Å². The maximum absolute atomic E-state index is 12.0. The van der Waals surface area contributed by atoms with Crippen molar-refractivity contribution in [3.8, 4) is 11.8 Å². The summed E-state index contributed by atoms with van der Waals surface area (Å²) in [4.78, 5) is 17.2. The van der Waals surface area contributed by atoms with E-state index in [2.05, 4.69) is 16.5 Å². The Morgan fingerprint density at radius 1 is 1.10 bits per heavy atom. The number of anilines is 1. The van der Waals surface area contributed by atoms with Gasteiger partial charge in [0.25, 0.3) is 5.91 Å². The molecule has 1 N–H and O–H groups in total. The van der Waals surface area contributed by atoms with Gasteiger partial charge in [0.2, 0.25) is 0 Å². The fourth-order valence-electron chi connectivity index (χ4n) is 2.54. The highest BCUT2D eigenvalue weighted by molar-refractivity contribution is 6.32. The number of halogens is 1. The van der Waals surface area contributed by atoms with Gasteiger partial charge in [-0.1, -0.05) is 53.2 Å². The molecule has 0 saturated carbocycles. The van der Waals surface area contributed by atoms with E-state index in [1.54, 1.807) is 42.5 Å². The predicted octanol–water partition coefficient (Wildman–Crippen LogP) is 4.78. The minimum Gasteiger partial charge on any atom is -0.482 e. The van der Waals surface area contributed by atoms with Crippen LogP contribution < -0.4 is 10.1 Å². The van der Waals surface area contributed by atoms with Crippen LogP contribution in [0.3, 0.4) is 0 Å².